The second kappa shape index (κ2) is 3.89. The quantitative estimate of drug-likeness (QED) is 0.717. The van der Waals surface area contributed by atoms with Crippen molar-refractivity contribution in [2.24, 2.45) is 0 Å². The van der Waals surface area contributed by atoms with Crippen LogP contribution in [0.2, 0.25) is 0 Å². The SMILES string of the molecule is COC(=O)Nc1ccnc(C)c1C. The van der Waals surface area contributed by atoms with Crippen LogP contribution in [0.5, 0.6) is 0 Å². The van der Waals surface area contributed by atoms with Crippen LogP contribution >= 0.6 is 0 Å². The molecule has 0 radical (unpaired) electrons. The Kier molecular flexibility index (Phi) is 2.84. The van der Waals surface area contributed by atoms with Gasteiger partial charge in [-0.15, -0.1) is 0 Å². The smallest absolute Gasteiger partial charge is 0.411 e. The van der Waals surface area contributed by atoms with Crippen LogP contribution in [0.4, 0.5) is 10.5 Å². The number of nitrogens with zero attached hydrogens (tertiary/aromatic N) is 1. The number of carbonyl (C=O) groups excluding carboxylic acids is 1. The van der Waals surface area contributed by atoms with Crippen LogP contribution in [-0.4, -0.2) is 18.2 Å². The van der Waals surface area contributed by atoms with Gasteiger partial charge in [0.15, 0.2) is 0 Å². The maximum Gasteiger partial charge on any atom is 0.411 e. The van der Waals surface area contributed by atoms with Crippen LogP contribution in [0.15, 0.2) is 12.3 Å². The van der Waals surface area contributed by atoms with Gasteiger partial charge in [0.2, 0.25) is 0 Å². The van der Waals surface area contributed by atoms with Gasteiger partial charge >= 0.3 is 6.09 Å². The molecule has 0 unspecified atom stereocenters. The Morgan fingerprint density at radius 1 is 1.54 bits per heavy atom. The molecule has 1 rings (SSSR count). The number of carbonyl (C=O) groups is 1. The predicted molar refractivity (Wildman–Crippen MR) is 49.7 cm³/mol. The van der Waals surface area contributed by atoms with Crippen LogP contribution in [0.1, 0.15) is 11.3 Å². The van der Waals surface area contributed by atoms with Gasteiger partial charge < -0.3 is 4.74 Å². The second-order valence-corrected chi connectivity index (χ2v) is 2.69. The Morgan fingerprint density at radius 2 is 2.23 bits per heavy atom. The molecule has 0 aliphatic carbocycles. The summed E-state index contributed by atoms with van der Waals surface area (Å²) in [5.74, 6) is 0. The second-order valence-electron chi connectivity index (χ2n) is 2.69. The van der Waals surface area contributed by atoms with Gasteiger partial charge in [0.1, 0.15) is 0 Å². The summed E-state index contributed by atoms with van der Waals surface area (Å²) in [7, 11) is 1.33. The fourth-order valence-electron chi connectivity index (χ4n) is 0.937. The summed E-state index contributed by atoms with van der Waals surface area (Å²) in [5, 5.41) is 2.60. The fourth-order valence-corrected chi connectivity index (χ4v) is 0.937. The van der Waals surface area contributed by atoms with E-state index in [9.17, 15) is 4.79 Å². The number of amides is 1. The van der Waals surface area contributed by atoms with E-state index in [1.165, 1.54) is 7.11 Å². The van der Waals surface area contributed by atoms with Gasteiger partial charge in [-0.3, -0.25) is 10.3 Å². The van der Waals surface area contributed by atoms with E-state index in [1.807, 2.05) is 13.8 Å². The van der Waals surface area contributed by atoms with E-state index in [0.29, 0.717) is 0 Å². The van der Waals surface area contributed by atoms with Gasteiger partial charge in [-0.2, -0.15) is 0 Å². The Hall–Kier alpha value is -1.58. The molecule has 0 bridgehead atoms. The third-order valence-electron chi connectivity index (χ3n) is 1.88. The lowest BCUT2D eigenvalue weighted by molar-refractivity contribution is 0.187. The van der Waals surface area contributed by atoms with Crippen LogP contribution in [0, 0.1) is 13.8 Å². The molecule has 0 atom stereocenters. The summed E-state index contributed by atoms with van der Waals surface area (Å²) in [6.07, 6.45) is 1.18. The first-order chi connectivity index (χ1) is 6.15. The Morgan fingerprint density at radius 3 is 2.85 bits per heavy atom. The molecule has 1 amide bonds. The molecule has 0 saturated carbocycles. The van der Waals surface area contributed by atoms with Gasteiger partial charge in [0.25, 0.3) is 0 Å². The number of methoxy groups -OCH3 is 1. The van der Waals surface area contributed by atoms with Crippen molar-refractivity contribution in [3.05, 3.63) is 23.5 Å². The standard InChI is InChI=1S/C9H12N2O2/c1-6-7(2)10-5-4-8(6)11-9(12)13-3/h4-5H,1-3H3,(H,10,11,12). The maximum absolute atomic E-state index is 10.9. The van der Waals surface area contributed by atoms with E-state index in [1.54, 1.807) is 12.3 Å². The molecule has 0 spiro atoms. The summed E-state index contributed by atoms with van der Waals surface area (Å²) in [6.45, 7) is 3.78. The van der Waals surface area contributed by atoms with Crippen molar-refractivity contribution in [1.29, 1.82) is 0 Å². The number of nitrogens with one attached hydrogen (secondary N) is 1. The number of rotatable bonds is 1. The van der Waals surface area contributed by atoms with Gasteiger partial charge in [0.05, 0.1) is 12.8 Å². The van der Waals surface area contributed by atoms with Crippen LogP contribution < -0.4 is 5.32 Å². The molecule has 4 heteroatoms. The zero-order valence-corrected chi connectivity index (χ0v) is 7.92. The lowest BCUT2D eigenvalue weighted by Gasteiger charge is -2.07. The highest BCUT2D eigenvalue weighted by Crippen LogP contribution is 2.15. The Labute approximate surface area is 76.9 Å². The van der Waals surface area contributed by atoms with E-state index in [-0.39, 0.29) is 0 Å². The average Bonchev–Trinajstić information content (AvgIpc) is 2.13. The van der Waals surface area contributed by atoms with Crippen molar-refractivity contribution in [1.82, 2.24) is 4.98 Å². The number of hydrogen-bond donors (Lipinski definition) is 1. The van der Waals surface area contributed by atoms with Crippen LogP contribution in [-0.2, 0) is 4.74 Å². The van der Waals surface area contributed by atoms with Crippen molar-refractivity contribution in [3.8, 4) is 0 Å². The number of aromatic nitrogens is 1. The molecule has 0 fully saturated rings. The van der Waals surface area contributed by atoms with Gasteiger partial charge in [-0.25, -0.2) is 4.79 Å². The van der Waals surface area contributed by atoms with Crippen molar-refractivity contribution < 1.29 is 9.53 Å². The molecule has 4 nitrogen and oxygen atoms in total. The molecule has 1 aromatic heterocycles. The Balaban J connectivity index is 2.89. The molecule has 0 aliphatic rings. The van der Waals surface area contributed by atoms with Crippen LogP contribution in [0.25, 0.3) is 0 Å². The predicted octanol–water partition coefficient (Wildman–Crippen LogP) is 1.88. The van der Waals surface area contributed by atoms with E-state index in [0.717, 1.165) is 16.9 Å². The Bertz CT molecular complexity index is 323. The summed E-state index contributed by atoms with van der Waals surface area (Å²) >= 11 is 0. The molecule has 70 valence electrons. The van der Waals surface area contributed by atoms with Gasteiger partial charge in [-0.1, -0.05) is 0 Å². The first-order valence-electron chi connectivity index (χ1n) is 3.92. The van der Waals surface area contributed by atoms with E-state index in [2.05, 4.69) is 15.0 Å². The minimum absolute atomic E-state index is 0.464. The molecule has 1 heterocycles. The highest BCUT2D eigenvalue weighted by Gasteiger charge is 2.04. The number of pyridine rings is 1. The molecular formula is C9H12N2O2. The lowest BCUT2D eigenvalue weighted by atomic mass is 10.2. The zero-order valence-electron chi connectivity index (χ0n) is 7.92. The fraction of sp³-hybridized carbons (Fsp3) is 0.333. The number of ether oxygens (including phenoxy) is 1. The van der Waals surface area contributed by atoms with E-state index < -0.39 is 6.09 Å². The van der Waals surface area contributed by atoms with Gasteiger partial charge in [0, 0.05) is 11.9 Å². The summed E-state index contributed by atoms with van der Waals surface area (Å²) < 4.78 is 4.48. The van der Waals surface area contributed by atoms with E-state index in [4.69, 9.17) is 0 Å². The number of anilines is 1. The lowest BCUT2D eigenvalue weighted by Crippen LogP contribution is -2.12. The monoisotopic (exact) mass is 180 g/mol. The number of aryl methyl sites for hydroxylation is 1. The molecule has 13 heavy (non-hydrogen) atoms. The van der Waals surface area contributed by atoms with Gasteiger partial charge in [-0.05, 0) is 25.5 Å². The molecule has 1 aromatic rings. The summed E-state index contributed by atoms with van der Waals surface area (Å²) in [5.41, 5.74) is 2.58. The highest BCUT2D eigenvalue weighted by molar-refractivity contribution is 5.85. The highest BCUT2D eigenvalue weighted by atomic mass is 16.5. The normalized spacial score (nSPS) is 9.46. The van der Waals surface area contributed by atoms with Crippen LogP contribution in [0.3, 0.4) is 0 Å². The van der Waals surface area contributed by atoms with Crippen molar-refractivity contribution in [3.63, 3.8) is 0 Å². The third-order valence-corrected chi connectivity index (χ3v) is 1.88. The molecule has 0 saturated heterocycles. The maximum atomic E-state index is 10.9. The van der Waals surface area contributed by atoms with Crippen molar-refractivity contribution in [2.45, 2.75) is 13.8 Å². The average molecular weight is 180 g/mol. The first-order valence-corrected chi connectivity index (χ1v) is 3.92. The van der Waals surface area contributed by atoms with Crippen molar-refractivity contribution in [2.75, 3.05) is 12.4 Å². The summed E-state index contributed by atoms with van der Waals surface area (Å²) in [6, 6.07) is 1.74. The largest absolute Gasteiger partial charge is 0.453 e. The molecular weight excluding hydrogens is 168 g/mol. The third kappa shape index (κ3) is 2.18. The minimum Gasteiger partial charge on any atom is -0.453 e. The molecule has 0 aliphatic heterocycles. The first kappa shape index (κ1) is 9.51. The zero-order chi connectivity index (χ0) is 9.84. The topological polar surface area (TPSA) is 51.2 Å². The summed E-state index contributed by atoms with van der Waals surface area (Å²) in [4.78, 5) is 15.0. The minimum atomic E-state index is -0.464. The molecule has 0 aromatic carbocycles. The van der Waals surface area contributed by atoms with Crippen molar-refractivity contribution >= 4 is 11.8 Å². The number of hydrogen-bond acceptors (Lipinski definition) is 3. The molecule has 1 N–H and O–H groups in total. The van der Waals surface area contributed by atoms with E-state index >= 15 is 0 Å².